The third kappa shape index (κ3) is 1.57. The Morgan fingerprint density at radius 2 is 2.00 bits per heavy atom. The van der Waals surface area contributed by atoms with Crippen molar-refractivity contribution in [2.24, 2.45) is 5.73 Å². The molecule has 2 saturated carbocycles. The van der Waals surface area contributed by atoms with Crippen LogP contribution in [0.3, 0.4) is 0 Å². The molecule has 0 radical (unpaired) electrons. The average Bonchev–Trinajstić information content (AvgIpc) is 2.97. The highest BCUT2D eigenvalue weighted by molar-refractivity contribution is 5.09. The lowest BCUT2D eigenvalue weighted by molar-refractivity contribution is 0.277. The second-order valence-corrected chi connectivity index (χ2v) is 5.01. The molecule has 82 valence electrons. The van der Waals surface area contributed by atoms with Gasteiger partial charge in [0, 0.05) is 6.04 Å². The van der Waals surface area contributed by atoms with E-state index in [4.69, 9.17) is 5.73 Å². The lowest BCUT2D eigenvalue weighted by atomic mass is 9.82. The zero-order chi connectivity index (χ0) is 10.3. The molecule has 0 aliphatic heterocycles. The fraction of sp³-hybridized carbons (Fsp3) is 0.818. The van der Waals surface area contributed by atoms with Gasteiger partial charge in [-0.3, -0.25) is 0 Å². The maximum Gasteiger partial charge on any atom is 0.153 e. The fourth-order valence-corrected chi connectivity index (χ4v) is 2.63. The van der Waals surface area contributed by atoms with Gasteiger partial charge in [0.1, 0.15) is 6.33 Å². The van der Waals surface area contributed by atoms with Crippen molar-refractivity contribution in [3.63, 3.8) is 0 Å². The molecular weight excluding hydrogens is 188 g/mol. The van der Waals surface area contributed by atoms with Crippen LogP contribution >= 0.6 is 0 Å². The van der Waals surface area contributed by atoms with Gasteiger partial charge in [-0.25, -0.2) is 0 Å². The molecule has 0 atom stereocenters. The lowest BCUT2D eigenvalue weighted by Gasteiger charge is -2.32. The molecule has 0 bridgehead atoms. The molecule has 4 heteroatoms. The average molecular weight is 206 g/mol. The Bertz CT molecular complexity index is 347. The molecule has 0 aromatic carbocycles. The summed E-state index contributed by atoms with van der Waals surface area (Å²) in [6.07, 6.45) is 10.3. The Labute approximate surface area is 89.9 Å². The number of hydrogen-bond acceptors (Lipinski definition) is 3. The van der Waals surface area contributed by atoms with Gasteiger partial charge in [-0.15, -0.1) is 10.2 Å². The van der Waals surface area contributed by atoms with Crippen LogP contribution in [0.5, 0.6) is 0 Å². The van der Waals surface area contributed by atoms with Gasteiger partial charge in [0.25, 0.3) is 0 Å². The van der Waals surface area contributed by atoms with Gasteiger partial charge < -0.3 is 10.3 Å². The molecule has 2 aliphatic carbocycles. The molecule has 0 saturated heterocycles. The van der Waals surface area contributed by atoms with Crippen LogP contribution < -0.4 is 5.73 Å². The van der Waals surface area contributed by atoms with Crippen LogP contribution in [0, 0.1) is 0 Å². The van der Waals surface area contributed by atoms with E-state index in [1.54, 1.807) is 0 Å². The molecule has 2 aliphatic rings. The van der Waals surface area contributed by atoms with Gasteiger partial charge in [0.15, 0.2) is 5.82 Å². The smallest absolute Gasteiger partial charge is 0.153 e. The van der Waals surface area contributed by atoms with Crippen LogP contribution in [-0.4, -0.2) is 14.8 Å². The summed E-state index contributed by atoms with van der Waals surface area (Å²) in [5.74, 6) is 1.03. The molecular formula is C11H18N4. The quantitative estimate of drug-likeness (QED) is 0.801. The second kappa shape index (κ2) is 3.30. The Kier molecular flexibility index (Phi) is 2.06. The third-order valence-electron chi connectivity index (χ3n) is 3.70. The molecule has 3 rings (SSSR count). The van der Waals surface area contributed by atoms with Crippen molar-refractivity contribution in [1.29, 1.82) is 0 Å². The minimum atomic E-state index is -0.197. The Hall–Kier alpha value is -0.900. The summed E-state index contributed by atoms with van der Waals surface area (Å²) in [5.41, 5.74) is 6.27. The first-order valence-electron chi connectivity index (χ1n) is 5.98. The van der Waals surface area contributed by atoms with Crippen LogP contribution in [0.25, 0.3) is 0 Å². The number of hydrogen-bond donors (Lipinski definition) is 1. The van der Waals surface area contributed by atoms with Crippen LogP contribution in [0.15, 0.2) is 6.33 Å². The summed E-state index contributed by atoms with van der Waals surface area (Å²) in [7, 11) is 0. The monoisotopic (exact) mass is 206 g/mol. The van der Waals surface area contributed by atoms with E-state index in [2.05, 4.69) is 14.8 Å². The minimum absolute atomic E-state index is 0.197. The SMILES string of the molecule is NC1(c2nncn2C2CC2)CCCCC1. The van der Waals surface area contributed by atoms with E-state index in [-0.39, 0.29) is 5.54 Å². The molecule has 1 aromatic heterocycles. The number of nitrogens with two attached hydrogens (primary N) is 1. The molecule has 2 fully saturated rings. The summed E-state index contributed by atoms with van der Waals surface area (Å²) in [4.78, 5) is 0. The zero-order valence-corrected chi connectivity index (χ0v) is 9.02. The van der Waals surface area contributed by atoms with Crippen LogP contribution in [0.4, 0.5) is 0 Å². The summed E-state index contributed by atoms with van der Waals surface area (Å²) in [5, 5.41) is 8.30. The number of nitrogens with zero attached hydrogens (tertiary/aromatic N) is 3. The predicted molar refractivity (Wildman–Crippen MR) is 57.2 cm³/mol. The summed E-state index contributed by atoms with van der Waals surface area (Å²) in [6.45, 7) is 0. The first-order chi connectivity index (χ1) is 7.30. The van der Waals surface area contributed by atoms with Crippen LogP contribution in [-0.2, 0) is 5.54 Å². The van der Waals surface area contributed by atoms with Gasteiger partial charge in [-0.1, -0.05) is 19.3 Å². The van der Waals surface area contributed by atoms with E-state index in [1.807, 2.05) is 6.33 Å². The van der Waals surface area contributed by atoms with Gasteiger partial charge in [0.2, 0.25) is 0 Å². The first-order valence-corrected chi connectivity index (χ1v) is 5.98. The molecule has 15 heavy (non-hydrogen) atoms. The summed E-state index contributed by atoms with van der Waals surface area (Å²) >= 11 is 0. The van der Waals surface area contributed by atoms with Crippen molar-refractivity contribution in [3.8, 4) is 0 Å². The second-order valence-electron chi connectivity index (χ2n) is 5.01. The molecule has 1 heterocycles. The molecule has 1 aromatic rings. The maximum atomic E-state index is 6.47. The van der Waals surface area contributed by atoms with Crippen LogP contribution in [0.1, 0.15) is 56.8 Å². The summed E-state index contributed by atoms with van der Waals surface area (Å²) in [6, 6.07) is 0.636. The van der Waals surface area contributed by atoms with Gasteiger partial charge in [-0.2, -0.15) is 0 Å². The van der Waals surface area contributed by atoms with Gasteiger partial charge >= 0.3 is 0 Å². The van der Waals surface area contributed by atoms with E-state index in [0.29, 0.717) is 6.04 Å². The normalized spacial score (nSPS) is 25.4. The van der Waals surface area contributed by atoms with E-state index in [9.17, 15) is 0 Å². The molecule has 0 amide bonds. The van der Waals surface area contributed by atoms with Crippen molar-refractivity contribution in [1.82, 2.24) is 14.8 Å². The lowest BCUT2D eigenvalue weighted by Crippen LogP contribution is -2.41. The Morgan fingerprint density at radius 3 is 2.67 bits per heavy atom. The summed E-state index contributed by atoms with van der Waals surface area (Å²) < 4.78 is 2.21. The van der Waals surface area contributed by atoms with Crippen molar-refractivity contribution in [2.75, 3.05) is 0 Å². The standard InChI is InChI=1S/C11H18N4/c12-11(6-2-1-3-7-11)10-14-13-8-15(10)9-4-5-9/h8-9H,1-7,12H2. The van der Waals surface area contributed by atoms with Gasteiger partial charge in [-0.05, 0) is 25.7 Å². The molecule has 2 N–H and O–H groups in total. The predicted octanol–water partition coefficient (Wildman–Crippen LogP) is 1.73. The molecule has 4 nitrogen and oxygen atoms in total. The van der Waals surface area contributed by atoms with Crippen LogP contribution in [0.2, 0.25) is 0 Å². The van der Waals surface area contributed by atoms with Gasteiger partial charge in [0.05, 0.1) is 5.54 Å². The van der Waals surface area contributed by atoms with E-state index < -0.39 is 0 Å². The van der Waals surface area contributed by atoms with Crippen molar-refractivity contribution in [2.45, 2.75) is 56.5 Å². The minimum Gasteiger partial charge on any atom is -0.319 e. The molecule has 0 unspecified atom stereocenters. The van der Waals surface area contributed by atoms with Crippen molar-refractivity contribution in [3.05, 3.63) is 12.2 Å². The largest absolute Gasteiger partial charge is 0.319 e. The highest BCUT2D eigenvalue weighted by atomic mass is 15.3. The van der Waals surface area contributed by atoms with Crippen molar-refractivity contribution < 1.29 is 0 Å². The topological polar surface area (TPSA) is 56.7 Å². The maximum absolute atomic E-state index is 6.47. The van der Waals surface area contributed by atoms with E-state index in [0.717, 1.165) is 18.7 Å². The number of rotatable bonds is 2. The Balaban J connectivity index is 1.92. The number of aromatic nitrogens is 3. The van der Waals surface area contributed by atoms with E-state index in [1.165, 1.54) is 32.1 Å². The fourth-order valence-electron chi connectivity index (χ4n) is 2.63. The highest BCUT2D eigenvalue weighted by Gasteiger charge is 2.37. The molecule has 0 spiro atoms. The first kappa shape index (κ1) is 9.33. The Morgan fingerprint density at radius 1 is 1.27 bits per heavy atom. The zero-order valence-electron chi connectivity index (χ0n) is 9.02. The van der Waals surface area contributed by atoms with Crippen molar-refractivity contribution >= 4 is 0 Å². The third-order valence-corrected chi connectivity index (χ3v) is 3.70. The van der Waals surface area contributed by atoms with E-state index >= 15 is 0 Å². The highest BCUT2D eigenvalue weighted by Crippen LogP contribution is 2.40.